The van der Waals surface area contributed by atoms with E-state index in [0.29, 0.717) is 28.5 Å². The van der Waals surface area contributed by atoms with Gasteiger partial charge >= 0.3 is 6.09 Å². The van der Waals surface area contributed by atoms with Gasteiger partial charge in [0.05, 0.1) is 28.8 Å². The summed E-state index contributed by atoms with van der Waals surface area (Å²) in [5.74, 6) is 0.568. The number of ether oxygens (including phenoxy) is 1. The van der Waals surface area contributed by atoms with Crippen molar-refractivity contribution in [3.05, 3.63) is 95.6 Å². The van der Waals surface area contributed by atoms with E-state index in [0.717, 1.165) is 22.1 Å². The molecule has 2 aliphatic rings. The van der Waals surface area contributed by atoms with Crippen molar-refractivity contribution in [1.82, 2.24) is 9.88 Å². The Morgan fingerprint density at radius 2 is 1.83 bits per heavy atom. The Hall–Kier alpha value is -4.18. The first kappa shape index (κ1) is 27.0. The third-order valence-electron chi connectivity index (χ3n) is 7.63. The van der Waals surface area contributed by atoms with E-state index in [1.165, 1.54) is 4.90 Å². The Morgan fingerprint density at radius 3 is 2.66 bits per heavy atom. The maximum Gasteiger partial charge on any atom is 0.410 e. The van der Waals surface area contributed by atoms with Crippen molar-refractivity contribution in [2.75, 3.05) is 35.6 Å². The van der Waals surface area contributed by atoms with Gasteiger partial charge in [-0.3, -0.25) is 0 Å². The number of benzene rings is 3. The summed E-state index contributed by atoms with van der Waals surface area (Å²) in [6, 6.07) is 23.5. The lowest BCUT2D eigenvalue weighted by Crippen LogP contribution is -2.32. The summed E-state index contributed by atoms with van der Waals surface area (Å²) in [6.45, 7) is 2.84. The molecule has 0 spiro atoms. The molecule has 0 bridgehead atoms. The second kappa shape index (κ2) is 11.0. The van der Waals surface area contributed by atoms with Crippen molar-refractivity contribution >= 4 is 38.3 Å². The van der Waals surface area contributed by atoms with Crippen LogP contribution in [0.15, 0.2) is 83.8 Å². The Morgan fingerprint density at radius 1 is 1.05 bits per heavy atom. The van der Waals surface area contributed by atoms with Gasteiger partial charge in [0, 0.05) is 36.8 Å². The third kappa shape index (κ3) is 5.69. The van der Waals surface area contributed by atoms with Gasteiger partial charge in [-0.2, -0.15) is 0 Å². The number of likely N-dealkylation sites (tertiary alicyclic amines) is 1. The van der Waals surface area contributed by atoms with Crippen LogP contribution in [-0.4, -0.2) is 62.0 Å². The predicted octanol–water partition coefficient (Wildman–Crippen LogP) is 5.11. The summed E-state index contributed by atoms with van der Waals surface area (Å²) >= 11 is 0. The van der Waals surface area contributed by atoms with Crippen LogP contribution in [0.3, 0.4) is 0 Å². The number of halogens is 1. The molecule has 0 aliphatic carbocycles. The molecule has 2 aliphatic heterocycles. The van der Waals surface area contributed by atoms with E-state index in [2.05, 4.69) is 5.32 Å². The lowest BCUT2D eigenvalue weighted by atomic mass is 10.1. The van der Waals surface area contributed by atoms with Crippen LogP contribution in [0.5, 0.6) is 0 Å². The molecule has 2 unspecified atom stereocenters. The number of carbonyl (C=O) groups excluding carboxylic acids is 1. The standard InChI is InChI=1S/C31H31FN4O4S/c1-21-11-12-26-24(15-21)27(16-30(34-26)35-13-14-41(38,39)29-10-6-5-9-23(29)17-35)33-28-19-36(18-25(28)32)31(37)40-20-22-7-3-2-4-8-22/h2-12,15-16,25,28H,13-14,17-20H2,1H3,(H,33,34). The number of aromatic nitrogens is 1. The van der Waals surface area contributed by atoms with Gasteiger partial charge in [-0.15, -0.1) is 0 Å². The molecule has 0 saturated carbocycles. The number of hydrogen-bond acceptors (Lipinski definition) is 7. The van der Waals surface area contributed by atoms with Crippen LogP contribution in [0.2, 0.25) is 0 Å². The molecule has 2 atom stereocenters. The van der Waals surface area contributed by atoms with Crippen molar-refractivity contribution in [1.29, 1.82) is 0 Å². The molecule has 3 heterocycles. The Bertz CT molecular complexity index is 1700. The molecule has 1 amide bonds. The SMILES string of the molecule is Cc1ccc2nc(N3CCS(=O)(=O)c4ccccc4C3)cc(NC3CN(C(=O)OCc4ccccc4)CC3F)c2c1. The summed E-state index contributed by atoms with van der Waals surface area (Å²) in [5, 5.41) is 4.17. The number of anilines is 2. The van der Waals surface area contributed by atoms with E-state index in [-0.39, 0.29) is 32.0 Å². The minimum atomic E-state index is -3.42. The van der Waals surface area contributed by atoms with Crippen LogP contribution < -0.4 is 10.2 Å². The number of sulfone groups is 1. The minimum absolute atomic E-state index is 0.0321. The molecule has 1 N–H and O–H groups in total. The zero-order valence-corrected chi connectivity index (χ0v) is 23.5. The van der Waals surface area contributed by atoms with Crippen LogP contribution in [0.25, 0.3) is 10.9 Å². The number of alkyl halides is 1. The highest BCUT2D eigenvalue weighted by molar-refractivity contribution is 7.91. The summed E-state index contributed by atoms with van der Waals surface area (Å²) in [6.07, 6.45) is -1.85. The van der Waals surface area contributed by atoms with E-state index in [1.807, 2.05) is 78.6 Å². The molecule has 41 heavy (non-hydrogen) atoms. The average Bonchev–Trinajstić information content (AvgIpc) is 3.27. The zero-order chi connectivity index (χ0) is 28.6. The fourth-order valence-electron chi connectivity index (χ4n) is 5.43. The molecule has 6 rings (SSSR count). The van der Waals surface area contributed by atoms with Crippen molar-refractivity contribution < 1.29 is 22.3 Å². The Labute approximate surface area is 238 Å². The highest BCUT2D eigenvalue weighted by atomic mass is 32.2. The topological polar surface area (TPSA) is 91.8 Å². The Kier molecular flexibility index (Phi) is 7.25. The van der Waals surface area contributed by atoms with Gasteiger partial charge in [0.1, 0.15) is 18.6 Å². The highest BCUT2D eigenvalue weighted by Gasteiger charge is 2.37. The maximum atomic E-state index is 15.3. The number of fused-ring (bicyclic) bond motifs is 2. The first-order valence-corrected chi connectivity index (χ1v) is 15.3. The quantitative estimate of drug-likeness (QED) is 0.354. The van der Waals surface area contributed by atoms with Gasteiger partial charge in [0.15, 0.2) is 9.84 Å². The smallest absolute Gasteiger partial charge is 0.410 e. The molecule has 8 nitrogen and oxygen atoms in total. The zero-order valence-electron chi connectivity index (χ0n) is 22.7. The van der Waals surface area contributed by atoms with Crippen LogP contribution in [0.1, 0.15) is 16.7 Å². The fraction of sp³-hybridized carbons (Fsp3) is 0.290. The largest absolute Gasteiger partial charge is 0.445 e. The second-order valence-electron chi connectivity index (χ2n) is 10.6. The first-order valence-electron chi connectivity index (χ1n) is 13.6. The van der Waals surface area contributed by atoms with Gasteiger partial charge in [-0.25, -0.2) is 22.6 Å². The molecule has 1 fully saturated rings. The normalized spacial score (nSPS) is 20.0. The van der Waals surface area contributed by atoms with Crippen molar-refractivity contribution in [2.45, 2.75) is 37.2 Å². The van der Waals surface area contributed by atoms with Gasteiger partial charge in [0.25, 0.3) is 0 Å². The number of nitrogens with zero attached hydrogens (tertiary/aromatic N) is 3. The molecule has 4 aromatic rings. The fourth-order valence-corrected chi connectivity index (χ4v) is 6.92. The van der Waals surface area contributed by atoms with Crippen molar-refractivity contribution in [3.63, 3.8) is 0 Å². The van der Waals surface area contributed by atoms with Crippen LogP contribution in [0.4, 0.5) is 20.7 Å². The molecule has 1 saturated heterocycles. The summed E-state index contributed by atoms with van der Waals surface area (Å²) in [5.41, 5.74) is 4.00. The Balaban J connectivity index is 1.25. The molecule has 1 aromatic heterocycles. The van der Waals surface area contributed by atoms with Gasteiger partial charge in [-0.05, 0) is 36.2 Å². The third-order valence-corrected chi connectivity index (χ3v) is 9.41. The minimum Gasteiger partial charge on any atom is -0.445 e. The van der Waals surface area contributed by atoms with E-state index < -0.39 is 28.1 Å². The number of amides is 1. The number of aryl methyl sites for hydroxylation is 1. The maximum absolute atomic E-state index is 15.3. The van der Waals surface area contributed by atoms with E-state index in [4.69, 9.17) is 9.72 Å². The highest BCUT2D eigenvalue weighted by Crippen LogP contribution is 2.33. The van der Waals surface area contributed by atoms with E-state index >= 15 is 4.39 Å². The monoisotopic (exact) mass is 574 g/mol. The van der Waals surface area contributed by atoms with Crippen molar-refractivity contribution in [3.8, 4) is 0 Å². The van der Waals surface area contributed by atoms with E-state index in [9.17, 15) is 13.2 Å². The lowest BCUT2D eigenvalue weighted by molar-refractivity contribution is 0.102. The first-order chi connectivity index (χ1) is 19.8. The molecule has 212 valence electrons. The lowest BCUT2D eigenvalue weighted by Gasteiger charge is -2.24. The molecule has 10 heteroatoms. The number of rotatable bonds is 5. The number of carbonyl (C=O) groups is 1. The summed E-state index contributed by atoms with van der Waals surface area (Å²) in [7, 11) is -3.42. The predicted molar refractivity (Wildman–Crippen MR) is 157 cm³/mol. The van der Waals surface area contributed by atoms with Crippen LogP contribution in [-0.2, 0) is 27.7 Å². The molecular formula is C31H31FN4O4S. The molecule has 3 aromatic carbocycles. The molecular weight excluding hydrogens is 543 g/mol. The van der Waals surface area contributed by atoms with Gasteiger partial charge in [0.2, 0.25) is 0 Å². The number of nitrogens with one attached hydrogen (secondary N) is 1. The number of pyridine rings is 1. The summed E-state index contributed by atoms with van der Waals surface area (Å²) < 4.78 is 46.6. The molecule has 0 radical (unpaired) electrons. The van der Waals surface area contributed by atoms with Gasteiger partial charge < -0.3 is 19.9 Å². The average molecular weight is 575 g/mol. The number of hydrogen-bond donors (Lipinski definition) is 1. The second-order valence-corrected chi connectivity index (χ2v) is 12.7. The van der Waals surface area contributed by atoms with E-state index in [1.54, 1.807) is 12.1 Å². The van der Waals surface area contributed by atoms with Gasteiger partial charge in [-0.1, -0.05) is 60.2 Å². The van der Waals surface area contributed by atoms with Crippen molar-refractivity contribution in [2.24, 2.45) is 0 Å². The van der Waals surface area contributed by atoms with Crippen LogP contribution >= 0.6 is 0 Å². The summed E-state index contributed by atoms with van der Waals surface area (Å²) in [4.78, 5) is 21.3. The van der Waals surface area contributed by atoms with Crippen LogP contribution in [0, 0.1) is 6.92 Å².